The van der Waals surface area contributed by atoms with Crippen LogP contribution in [-0.4, -0.2) is 28.9 Å². The molecule has 8 heteroatoms. The minimum Gasteiger partial charge on any atom is -0.353 e. The maximum atomic E-state index is 12.8. The molecule has 1 aliphatic carbocycles. The van der Waals surface area contributed by atoms with Gasteiger partial charge >= 0.3 is 0 Å². The highest BCUT2D eigenvalue weighted by Gasteiger charge is 2.20. The Morgan fingerprint density at radius 1 is 1.17 bits per heavy atom. The molecule has 30 heavy (non-hydrogen) atoms. The highest BCUT2D eigenvalue weighted by Crippen LogP contribution is 2.24. The van der Waals surface area contributed by atoms with Gasteiger partial charge in [0.1, 0.15) is 0 Å². The predicted molar refractivity (Wildman–Crippen MR) is 112 cm³/mol. The van der Waals surface area contributed by atoms with E-state index in [1.807, 2.05) is 23.6 Å². The number of nitrogens with zero attached hydrogens (tertiary/aromatic N) is 3. The molecule has 0 bridgehead atoms. The van der Waals surface area contributed by atoms with Crippen molar-refractivity contribution in [2.75, 3.05) is 0 Å². The second-order valence-electron chi connectivity index (χ2n) is 7.18. The van der Waals surface area contributed by atoms with Crippen LogP contribution in [0.1, 0.15) is 30.2 Å². The Bertz CT molecular complexity index is 1210. The minimum absolute atomic E-state index is 0.133. The van der Waals surface area contributed by atoms with E-state index in [1.54, 1.807) is 36.9 Å². The number of nitrogens with one attached hydrogen (secondary N) is 1. The van der Waals surface area contributed by atoms with Crippen LogP contribution in [0.2, 0.25) is 0 Å². The van der Waals surface area contributed by atoms with Gasteiger partial charge in [0, 0.05) is 49.5 Å². The number of hydrogen-bond donors (Lipinski definition) is 1. The van der Waals surface area contributed by atoms with Crippen LogP contribution in [0.25, 0.3) is 6.08 Å². The Morgan fingerprint density at radius 3 is 2.77 bits per heavy atom. The first-order valence-electron chi connectivity index (χ1n) is 9.75. The monoisotopic (exact) mass is 422 g/mol. The van der Waals surface area contributed by atoms with E-state index in [4.69, 9.17) is 0 Å². The molecule has 0 unspecified atom stereocenters. The van der Waals surface area contributed by atoms with Crippen molar-refractivity contribution in [3.05, 3.63) is 77.6 Å². The van der Waals surface area contributed by atoms with Crippen molar-refractivity contribution in [1.29, 1.82) is 0 Å². The Kier molecular flexibility index (Phi) is 5.50. The summed E-state index contributed by atoms with van der Waals surface area (Å²) < 4.78 is 27.4. The second-order valence-corrected chi connectivity index (χ2v) is 9.13. The van der Waals surface area contributed by atoms with Gasteiger partial charge in [-0.2, -0.15) is 0 Å². The van der Waals surface area contributed by atoms with Gasteiger partial charge in [0.25, 0.3) is 0 Å². The lowest BCUT2D eigenvalue weighted by Crippen LogP contribution is -2.25. The van der Waals surface area contributed by atoms with Crippen LogP contribution in [0.5, 0.6) is 0 Å². The molecule has 0 aliphatic heterocycles. The largest absolute Gasteiger partial charge is 0.353 e. The highest BCUT2D eigenvalue weighted by atomic mass is 32.2. The Labute approximate surface area is 175 Å². The van der Waals surface area contributed by atoms with E-state index >= 15 is 0 Å². The van der Waals surface area contributed by atoms with Crippen molar-refractivity contribution in [3.8, 4) is 0 Å². The van der Waals surface area contributed by atoms with E-state index < -0.39 is 9.84 Å². The number of aromatic nitrogens is 3. The van der Waals surface area contributed by atoms with Gasteiger partial charge in [0.2, 0.25) is 15.7 Å². The zero-order chi connectivity index (χ0) is 21.1. The van der Waals surface area contributed by atoms with Gasteiger partial charge in [-0.25, -0.2) is 8.42 Å². The van der Waals surface area contributed by atoms with Crippen LogP contribution in [-0.2, 0) is 34.1 Å². The fourth-order valence-corrected chi connectivity index (χ4v) is 4.61. The summed E-state index contributed by atoms with van der Waals surface area (Å²) in [6.07, 6.45) is 11.5. The van der Waals surface area contributed by atoms with Crippen molar-refractivity contribution in [2.45, 2.75) is 42.6 Å². The molecule has 154 valence electrons. The number of amides is 1. The average Bonchev–Trinajstić information content (AvgIpc) is 3.40. The summed E-state index contributed by atoms with van der Waals surface area (Å²) in [6, 6.07) is 6.65. The fraction of sp³-hybridized carbons (Fsp3) is 0.227. The Balaban J connectivity index is 1.40. The molecule has 3 aromatic heterocycles. The van der Waals surface area contributed by atoms with E-state index in [2.05, 4.69) is 15.3 Å². The van der Waals surface area contributed by atoms with Crippen molar-refractivity contribution < 1.29 is 13.2 Å². The van der Waals surface area contributed by atoms with Gasteiger partial charge in [-0.3, -0.25) is 14.8 Å². The summed E-state index contributed by atoms with van der Waals surface area (Å²) >= 11 is 0. The number of pyridine rings is 2. The van der Waals surface area contributed by atoms with E-state index in [1.165, 1.54) is 12.3 Å². The molecule has 7 nitrogen and oxygen atoms in total. The van der Waals surface area contributed by atoms with Crippen LogP contribution in [0.15, 0.2) is 70.6 Å². The molecule has 0 saturated carbocycles. The van der Waals surface area contributed by atoms with E-state index in [0.717, 1.165) is 24.1 Å². The summed E-state index contributed by atoms with van der Waals surface area (Å²) in [7, 11) is -3.61. The summed E-state index contributed by atoms with van der Waals surface area (Å²) in [5.74, 6) is -0.165. The van der Waals surface area contributed by atoms with Gasteiger partial charge in [-0.1, -0.05) is 6.92 Å². The number of carbonyl (C=O) groups excluding carboxylic acids is 1. The van der Waals surface area contributed by atoms with Gasteiger partial charge in [-0.05, 0) is 47.9 Å². The third kappa shape index (κ3) is 4.04. The first-order valence-corrected chi connectivity index (χ1v) is 11.2. The molecule has 0 spiro atoms. The van der Waals surface area contributed by atoms with Gasteiger partial charge < -0.3 is 9.88 Å². The minimum atomic E-state index is -3.61. The molecule has 1 N–H and O–H groups in total. The summed E-state index contributed by atoms with van der Waals surface area (Å²) in [5.41, 5.74) is 3.30. The summed E-state index contributed by atoms with van der Waals surface area (Å²) in [4.78, 5) is 21.1. The zero-order valence-electron chi connectivity index (χ0n) is 16.6. The molecule has 3 aromatic rings. The molecule has 0 aromatic carbocycles. The summed E-state index contributed by atoms with van der Waals surface area (Å²) in [6.45, 7) is 3.03. The standard InChI is InChI=1S/C22H22N4O3S/c1-2-8-26-9-6-21(15-26)30(28,29)20-4-3-19(24-14-20)13-25-22(27)17-10-16-5-7-23-12-18(16)11-17/h3-7,9,11-12,14-15H,2,8,10,13H2,1H3,(H,25,27). The highest BCUT2D eigenvalue weighted by molar-refractivity contribution is 7.91. The van der Waals surface area contributed by atoms with Gasteiger partial charge in [0.15, 0.2) is 0 Å². The quantitative estimate of drug-likeness (QED) is 0.632. The van der Waals surface area contributed by atoms with Crippen LogP contribution in [0, 0.1) is 0 Å². The predicted octanol–water partition coefficient (Wildman–Crippen LogP) is 2.78. The van der Waals surface area contributed by atoms with Gasteiger partial charge in [0.05, 0.1) is 22.0 Å². The third-order valence-electron chi connectivity index (χ3n) is 5.00. The van der Waals surface area contributed by atoms with E-state index in [-0.39, 0.29) is 22.2 Å². The number of carbonyl (C=O) groups is 1. The van der Waals surface area contributed by atoms with Crippen molar-refractivity contribution in [2.24, 2.45) is 0 Å². The topological polar surface area (TPSA) is 94.0 Å². The SMILES string of the molecule is CCCn1ccc(S(=O)(=O)c2ccc(CNC(=O)C3=Cc4cnccc4C3)nc2)c1. The van der Waals surface area contributed by atoms with Crippen molar-refractivity contribution in [1.82, 2.24) is 19.9 Å². The lowest BCUT2D eigenvalue weighted by Gasteiger charge is -2.07. The number of hydrogen-bond acceptors (Lipinski definition) is 5. The normalized spacial score (nSPS) is 13.0. The molecule has 1 amide bonds. The first kappa shape index (κ1) is 20.0. The average molecular weight is 423 g/mol. The van der Waals surface area contributed by atoms with Crippen LogP contribution in [0.3, 0.4) is 0 Å². The molecular formula is C22H22N4O3S. The number of fused-ring (bicyclic) bond motifs is 1. The number of rotatable bonds is 7. The number of sulfone groups is 1. The first-order chi connectivity index (χ1) is 14.5. The van der Waals surface area contributed by atoms with Crippen LogP contribution in [0.4, 0.5) is 0 Å². The molecule has 0 radical (unpaired) electrons. The lowest BCUT2D eigenvalue weighted by atomic mass is 10.1. The van der Waals surface area contributed by atoms with Crippen LogP contribution < -0.4 is 5.32 Å². The fourth-order valence-electron chi connectivity index (χ4n) is 3.39. The smallest absolute Gasteiger partial charge is 0.247 e. The number of aryl methyl sites for hydroxylation is 1. The molecule has 0 atom stereocenters. The maximum Gasteiger partial charge on any atom is 0.247 e. The second kappa shape index (κ2) is 8.23. The Morgan fingerprint density at radius 2 is 2.03 bits per heavy atom. The van der Waals surface area contributed by atoms with E-state index in [9.17, 15) is 13.2 Å². The molecule has 0 fully saturated rings. The van der Waals surface area contributed by atoms with E-state index in [0.29, 0.717) is 17.7 Å². The molecule has 0 saturated heterocycles. The summed E-state index contributed by atoms with van der Waals surface area (Å²) in [5, 5.41) is 2.84. The molecule has 1 aliphatic rings. The van der Waals surface area contributed by atoms with Crippen LogP contribution >= 0.6 is 0 Å². The van der Waals surface area contributed by atoms with Gasteiger partial charge in [-0.15, -0.1) is 0 Å². The van der Waals surface area contributed by atoms with Crippen molar-refractivity contribution >= 4 is 21.8 Å². The maximum absolute atomic E-state index is 12.8. The molecular weight excluding hydrogens is 400 g/mol. The van der Waals surface area contributed by atoms with Crippen molar-refractivity contribution in [3.63, 3.8) is 0 Å². The zero-order valence-corrected chi connectivity index (χ0v) is 17.4. The lowest BCUT2D eigenvalue weighted by molar-refractivity contribution is -0.117. The molecule has 3 heterocycles. The Hall–Kier alpha value is -3.26. The third-order valence-corrected chi connectivity index (χ3v) is 6.73. The molecule has 4 rings (SSSR count).